The standard InChI is InChI=1S/C13H21FN2O/c1-5-13(2,3)12(16-15)9-7-6-8-10(17-4)11(9)14/h6-8,12,16H,5,15H2,1-4H3. The van der Waals surface area contributed by atoms with Gasteiger partial charge in [0, 0.05) is 5.56 Å². The van der Waals surface area contributed by atoms with Gasteiger partial charge in [-0.3, -0.25) is 11.3 Å². The number of halogens is 1. The topological polar surface area (TPSA) is 47.3 Å². The molecule has 0 fully saturated rings. The molecule has 0 saturated heterocycles. The Morgan fingerprint density at radius 1 is 1.47 bits per heavy atom. The third kappa shape index (κ3) is 2.76. The lowest BCUT2D eigenvalue weighted by Crippen LogP contribution is -2.38. The molecule has 0 saturated carbocycles. The summed E-state index contributed by atoms with van der Waals surface area (Å²) in [5.41, 5.74) is 3.11. The molecule has 1 rings (SSSR count). The molecule has 0 bridgehead atoms. The molecular weight excluding hydrogens is 219 g/mol. The second-order valence-electron chi connectivity index (χ2n) is 4.81. The van der Waals surface area contributed by atoms with E-state index >= 15 is 0 Å². The number of ether oxygens (including phenoxy) is 1. The molecule has 0 aliphatic heterocycles. The van der Waals surface area contributed by atoms with Crippen molar-refractivity contribution in [2.45, 2.75) is 33.2 Å². The maximum Gasteiger partial charge on any atom is 0.169 e. The SMILES string of the molecule is CCC(C)(C)C(NN)c1cccc(OC)c1F. The maximum absolute atomic E-state index is 14.2. The normalized spacial score (nSPS) is 13.5. The highest BCUT2D eigenvalue weighted by atomic mass is 19.1. The van der Waals surface area contributed by atoms with Crippen LogP contribution in [0.2, 0.25) is 0 Å². The van der Waals surface area contributed by atoms with Crippen molar-refractivity contribution in [2.24, 2.45) is 11.3 Å². The highest BCUT2D eigenvalue weighted by Gasteiger charge is 2.31. The Kier molecular flexibility index (Phi) is 4.48. The van der Waals surface area contributed by atoms with E-state index in [-0.39, 0.29) is 23.0 Å². The first-order valence-corrected chi connectivity index (χ1v) is 5.76. The van der Waals surface area contributed by atoms with Crippen molar-refractivity contribution in [1.82, 2.24) is 5.43 Å². The zero-order valence-electron chi connectivity index (χ0n) is 10.9. The summed E-state index contributed by atoms with van der Waals surface area (Å²) >= 11 is 0. The number of benzene rings is 1. The summed E-state index contributed by atoms with van der Waals surface area (Å²) in [6.07, 6.45) is 0.887. The second kappa shape index (κ2) is 5.47. The molecule has 1 aromatic carbocycles. The van der Waals surface area contributed by atoms with Gasteiger partial charge in [-0.2, -0.15) is 0 Å². The first-order chi connectivity index (χ1) is 7.97. The number of methoxy groups -OCH3 is 1. The summed E-state index contributed by atoms with van der Waals surface area (Å²) in [7, 11) is 1.46. The van der Waals surface area contributed by atoms with E-state index in [1.54, 1.807) is 18.2 Å². The van der Waals surface area contributed by atoms with Crippen molar-refractivity contribution in [3.8, 4) is 5.75 Å². The number of nitrogens with one attached hydrogen (secondary N) is 1. The van der Waals surface area contributed by atoms with E-state index in [4.69, 9.17) is 10.6 Å². The van der Waals surface area contributed by atoms with E-state index in [1.807, 2.05) is 0 Å². The highest BCUT2D eigenvalue weighted by molar-refractivity contribution is 5.33. The van der Waals surface area contributed by atoms with Crippen molar-refractivity contribution >= 4 is 0 Å². The minimum absolute atomic E-state index is 0.137. The van der Waals surface area contributed by atoms with Gasteiger partial charge < -0.3 is 4.74 Å². The Morgan fingerprint density at radius 2 is 2.12 bits per heavy atom. The lowest BCUT2D eigenvalue weighted by atomic mass is 9.78. The Balaban J connectivity index is 3.21. The fourth-order valence-corrected chi connectivity index (χ4v) is 1.85. The first-order valence-electron chi connectivity index (χ1n) is 5.76. The first kappa shape index (κ1) is 13.9. The van der Waals surface area contributed by atoms with E-state index in [0.717, 1.165) is 6.42 Å². The van der Waals surface area contributed by atoms with Crippen LogP contribution in [0.4, 0.5) is 4.39 Å². The maximum atomic E-state index is 14.2. The van der Waals surface area contributed by atoms with E-state index in [9.17, 15) is 4.39 Å². The van der Waals surface area contributed by atoms with Gasteiger partial charge in [0.05, 0.1) is 13.2 Å². The number of hydrazine groups is 1. The predicted octanol–water partition coefficient (Wildman–Crippen LogP) is 2.77. The molecule has 0 spiro atoms. The van der Waals surface area contributed by atoms with Crippen LogP contribution < -0.4 is 16.0 Å². The zero-order chi connectivity index (χ0) is 13.1. The predicted molar refractivity (Wildman–Crippen MR) is 67.1 cm³/mol. The van der Waals surface area contributed by atoms with Crippen LogP contribution in [0.15, 0.2) is 18.2 Å². The van der Waals surface area contributed by atoms with E-state index in [2.05, 4.69) is 26.2 Å². The van der Waals surface area contributed by atoms with E-state index in [1.165, 1.54) is 7.11 Å². The van der Waals surface area contributed by atoms with Gasteiger partial charge in [0.2, 0.25) is 0 Å². The van der Waals surface area contributed by atoms with E-state index in [0.29, 0.717) is 5.56 Å². The molecule has 1 atom stereocenters. The lowest BCUT2D eigenvalue weighted by molar-refractivity contribution is 0.229. The van der Waals surface area contributed by atoms with Crippen LogP contribution in [0.25, 0.3) is 0 Å². The monoisotopic (exact) mass is 240 g/mol. The second-order valence-corrected chi connectivity index (χ2v) is 4.81. The smallest absolute Gasteiger partial charge is 0.169 e. The van der Waals surface area contributed by atoms with Crippen LogP contribution in [0.5, 0.6) is 5.75 Å². The average molecular weight is 240 g/mol. The van der Waals surface area contributed by atoms with Crippen molar-refractivity contribution < 1.29 is 9.13 Å². The van der Waals surface area contributed by atoms with Crippen LogP contribution in [0.1, 0.15) is 38.8 Å². The van der Waals surface area contributed by atoms with Gasteiger partial charge in [0.1, 0.15) is 0 Å². The zero-order valence-corrected chi connectivity index (χ0v) is 10.9. The third-order valence-electron chi connectivity index (χ3n) is 3.38. The largest absolute Gasteiger partial charge is 0.494 e. The van der Waals surface area contributed by atoms with Crippen molar-refractivity contribution in [3.05, 3.63) is 29.6 Å². The van der Waals surface area contributed by atoms with Crippen molar-refractivity contribution in [3.63, 3.8) is 0 Å². The molecular formula is C13H21FN2O. The molecule has 3 N–H and O–H groups in total. The summed E-state index contributed by atoms with van der Waals surface area (Å²) in [6, 6.07) is 4.86. The van der Waals surface area contributed by atoms with Gasteiger partial charge in [-0.05, 0) is 17.9 Å². The van der Waals surface area contributed by atoms with Crippen molar-refractivity contribution in [2.75, 3.05) is 7.11 Å². The number of rotatable bonds is 5. The lowest BCUT2D eigenvalue weighted by Gasteiger charge is -2.33. The molecule has 1 unspecified atom stereocenters. The molecule has 4 heteroatoms. The molecule has 0 aromatic heterocycles. The van der Waals surface area contributed by atoms with E-state index < -0.39 is 0 Å². The minimum atomic E-state index is -0.348. The van der Waals surface area contributed by atoms with Crippen LogP contribution in [-0.4, -0.2) is 7.11 Å². The third-order valence-corrected chi connectivity index (χ3v) is 3.38. The molecule has 1 aromatic rings. The minimum Gasteiger partial charge on any atom is -0.494 e. The number of hydrogen-bond acceptors (Lipinski definition) is 3. The fourth-order valence-electron chi connectivity index (χ4n) is 1.85. The quantitative estimate of drug-likeness (QED) is 0.614. The van der Waals surface area contributed by atoms with Gasteiger partial charge in [0.25, 0.3) is 0 Å². The van der Waals surface area contributed by atoms with Gasteiger partial charge in [0.15, 0.2) is 11.6 Å². The number of nitrogens with two attached hydrogens (primary N) is 1. The molecule has 96 valence electrons. The Bertz CT molecular complexity index is 380. The average Bonchev–Trinajstić information content (AvgIpc) is 2.32. The van der Waals surface area contributed by atoms with Crippen LogP contribution in [0.3, 0.4) is 0 Å². The van der Waals surface area contributed by atoms with Gasteiger partial charge >= 0.3 is 0 Å². The summed E-state index contributed by atoms with van der Waals surface area (Å²) in [5.74, 6) is 5.47. The van der Waals surface area contributed by atoms with Crippen LogP contribution in [0, 0.1) is 11.2 Å². The Morgan fingerprint density at radius 3 is 2.59 bits per heavy atom. The van der Waals surface area contributed by atoms with Gasteiger partial charge in [-0.1, -0.05) is 32.9 Å². The Hall–Kier alpha value is -1.13. The Labute approximate surface area is 102 Å². The van der Waals surface area contributed by atoms with Crippen LogP contribution in [-0.2, 0) is 0 Å². The highest BCUT2D eigenvalue weighted by Crippen LogP contribution is 2.38. The molecule has 0 amide bonds. The summed E-state index contributed by atoms with van der Waals surface area (Å²) < 4.78 is 19.1. The summed E-state index contributed by atoms with van der Waals surface area (Å²) in [5, 5.41) is 0. The molecule has 0 aliphatic carbocycles. The van der Waals surface area contributed by atoms with Crippen molar-refractivity contribution in [1.29, 1.82) is 0 Å². The molecule has 17 heavy (non-hydrogen) atoms. The fraction of sp³-hybridized carbons (Fsp3) is 0.538. The molecule has 3 nitrogen and oxygen atoms in total. The molecule has 0 radical (unpaired) electrons. The molecule has 0 heterocycles. The van der Waals surface area contributed by atoms with Gasteiger partial charge in [-0.25, -0.2) is 4.39 Å². The summed E-state index contributed by atoms with van der Waals surface area (Å²) in [6.45, 7) is 6.16. The number of hydrogen-bond donors (Lipinski definition) is 2. The van der Waals surface area contributed by atoms with Gasteiger partial charge in [-0.15, -0.1) is 0 Å². The van der Waals surface area contributed by atoms with Crippen LogP contribution >= 0.6 is 0 Å². The summed E-state index contributed by atoms with van der Waals surface area (Å²) in [4.78, 5) is 0. The molecule has 0 aliphatic rings.